The second-order valence-electron chi connectivity index (χ2n) is 5.23. The second-order valence-corrected chi connectivity index (χ2v) is 5.23. The fraction of sp³-hybridized carbons (Fsp3) is 0.462. The molecule has 1 N–H and O–H groups in total. The van der Waals surface area contributed by atoms with Crippen molar-refractivity contribution in [1.82, 2.24) is 0 Å². The van der Waals surface area contributed by atoms with Crippen LogP contribution in [-0.2, 0) is 10.2 Å². The number of hydrogen-bond acceptors (Lipinski definition) is 1. The molecule has 0 amide bonds. The van der Waals surface area contributed by atoms with Crippen LogP contribution < -0.4 is 0 Å². The van der Waals surface area contributed by atoms with E-state index in [1.54, 1.807) is 13.0 Å². The third kappa shape index (κ3) is 1.27. The van der Waals surface area contributed by atoms with Gasteiger partial charge in [-0.2, -0.15) is 0 Å². The third-order valence-corrected chi connectivity index (χ3v) is 3.75. The maximum atomic E-state index is 13.0. The molecular formula is C13H15FO2. The van der Waals surface area contributed by atoms with Gasteiger partial charge in [0.05, 0.1) is 5.41 Å². The number of carbonyl (C=O) groups is 1. The molecule has 0 saturated heterocycles. The van der Waals surface area contributed by atoms with Crippen LogP contribution in [0.1, 0.15) is 31.4 Å². The molecule has 0 aromatic heterocycles. The highest BCUT2D eigenvalue weighted by molar-refractivity contribution is 5.87. The van der Waals surface area contributed by atoms with Crippen molar-refractivity contribution in [1.29, 1.82) is 0 Å². The van der Waals surface area contributed by atoms with Crippen molar-refractivity contribution in [2.24, 2.45) is 5.41 Å². The molecule has 1 aliphatic carbocycles. The molecule has 1 aromatic carbocycles. The molecule has 1 unspecified atom stereocenters. The van der Waals surface area contributed by atoms with Gasteiger partial charge in [0.2, 0.25) is 0 Å². The van der Waals surface area contributed by atoms with E-state index in [2.05, 4.69) is 0 Å². The highest BCUT2D eigenvalue weighted by Crippen LogP contribution is 2.64. The summed E-state index contributed by atoms with van der Waals surface area (Å²) in [4.78, 5) is 11.4. The Morgan fingerprint density at radius 3 is 2.38 bits per heavy atom. The molecule has 1 aromatic rings. The average Bonchev–Trinajstić information content (AvgIpc) is 2.70. The topological polar surface area (TPSA) is 37.3 Å². The molecule has 86 valence electrons. The lowest BCUT2D eigenvalue weighted by Crippen LogP contribution is -2.26. The minimum absolute atomic E-state index is 0.249. The van der Waals surface area contributed by atoms with Gasteiger partial charge in [-0.1, -0.05) is 19.9 Å². The van der Waals surface area contributed by atoms with Crippen molar-refractivity contribution in [2.45, 2.75) is 32.6 Å². The normalized spacial score (nSPS) is 26.5. The molecule has 16 heavy (non-hydrogen) atoms. The van der Waals surface area contributed by atoms with Crippen LogP contribution >= 0.6 is 0 Å². The number of rotatable bonds is 2. The van der Waals surface area contributed by atoms with Gasteiger partial charge in [0.1, 0.15) is 5.82 Å². The summed E-state index contributed by atoms with van der Waals surface area (Å²) in [6.45, 7) is 5.63. The highest BCUT2D eigenvalue weighted by atomic mass is 19.1. The minimum Gasteiger partial charge on any atom is -0.481 e. The van der Waals surface area contributed by atoms with Gasteiger partial charge in [0, 0.05) is 0 Å². The smallest absolute Gasteiger partial charge is 0.314 e. The van der Waals surface area contributed by atoms with E-state index in [1.807, 2.05) is 13.8 Å². The fourth-order valence-electron chi connectivity index (χ4n) is 2.66. The Labute approximate surface area is 94.1 Å². The first-order chi connectivity index (χ1) is 7.31. The third-order valence-electron chi connectivity index (χ3n) is 3.75. The maximum absolute atomic E-state index is 13.0. The van der Waals surface area contributed by atoms with Gasteiger partial charge in [-0.05, 0) is 42.0 Å². The molecule has 0 spiro atoms. The van der Waals surface area contributed by atoms with Crippen molar-refractivity contribution in [3.8, 4) is 0 Å². The van der Waals surface area contributed by atoms with E-state index in [1.165, 1.54) is 12.1 Å². The molecule has 0 aliphatic heterocycles. The van der Waals surface area contributed by atoms with Crippen LogP contribution in [-0.4, -0.2) is 11.1 Å². The van der Waals surface area contributed by atoms with E-state index in [-0.39, 0.29) is 11.2 Å². The lowest BCUT2D eigenvalue weighted by molar-refractivity contribution is -0.141. The number of carboxylic acids is 1. The summed E-state index contributed by atoms with van der Waals surface area (Å²) in [6.07, 6.45) is 0.613. The first-order valence-electron chi connectivity index (χ1n) is 5.31. The number of aliphatic carboxylic acids is 1. The Morgan fingerprint density at radius 1 is 1.44 bits per heavy atom. The molecule has 0 heterocycles. The summed E-state index contributed by atoms with van der Waals surface area (Å²) < 4.78 is 13.0. The van der Waals surface area contributed by atoms with Crippen LogP contribution in [0.5, 0.6) is 0 Å². The molecule has 1 fully saturated rings. The Balaban J connectivity index is 2.56. The summed E-state index contributed by atoms with van der Waals surface area (Å²) in [5.41, 5.74) is 0.381. The summed E-state index contributed by atoms with van der Waals surface area (Å²) in [5.74, 6) is -1.13. The van der Waals surface area contributed by atoms with Crippen LogP contribution in [0.3, 0.4) is 0 Å². The molecular weight excluding hydrogens is 207 g/mol. The van der Waals surface area contributed by atoms with Crippen molar-refractivity contribution in [3.05, 3.63) is 35.1 Å². The fourth-order valence-corrected chi connectivity index (χ4v) is 2.66. The van der Waals surface area contributed by atoms with Crippen molar-refractivity contribution < 1.29 is 14.3 Å². The van der Waals surface area contributed by atoms with Crippen LogP contribution in [0.15, 0.2) is 18.2 Å². The van der Waals surface area contributed by atoms with Gasteiger partial charge in [-0.25, -0.2) is 4.39 Å². The number of halogens is 1. The second kappa shape index (κ2) is 3.06. The van der Waals surface area contributed by atoms with E-state index in [0.29, 0.717) is 12.0 Å². The quantitative estimate of drug-likeness (QED) is 0.835. The van der Waals surface area contributed by atoms with E-state index in [9.17, 15) is 14.3 Å². The van der Waals surface area contributed by atoms with E-state index < -0.39 is 11.4 Å². The molecule has 3 heteroatoms. The highest BCUT2D eigenvalue weighted by Gasteiger charge is 2.68. The maximum Gasteiger partial charge on any atom is 0.314 e. The number of benzene rings is 1. The van der Waals surface area contributed by atoms with Gasteiger partial charge in [-0.3, -0.25) is 4.79 Å². The SMILES string of the molecule is Cc1cc(F)ccc1C1(C(=O)O)CC1(C)C. The van der Waals surface area contributed by atoms with Crippen LogP contribution in [0.2, 0.25) is 0 Å². The van der Waals surface area contributed by atoms with Crippen LogP contribution in [0.25, 0.3) is 0 Å². The lowest BCUT2D eigenvalue weighted by atomic mass is 9.85. The summed E-state index contributed by atoms with van der Waals surface area (Å²) in [5, 5.41) is 9.39. The van der Waals surface area contributed by atoms with Gasteiger partial charge < -0.3 is 5.11 Å². The first kappa shape index (κ1) is 11.1. The predicted molar refractivity (Wildman–Crippen MR) is 58.8 cm³/mol. The number of aryl methyl sites for hydroxylation is 1. The monoisotopic (exact) mass is 222 g/mol. The van der Waals surface area contributed by atoms with Crippen molar-refractivity contribution in [2.75, 3.05) is 0 Å². The van der Waals surface area contributed by atoms with Gasteiger partial charge >= 0.3 is 5.97 Å². The van der Waals surface area contributed by atoms with E-state index >= 15 is 0 Å². The average molecular weight is 222 g/mol. The molecule has 0 radical (unpaired) electrons. The molecule has 1 saturated carbocycles. The Bertz CT molecular complexity index is 465. The van der Waals surface area contributed by atoms with Gasteiger partial charge in [-0.15, -0.1) is 0 Å². The van der Waals surface area contributed by atoms with Crippen molar-refractivity contribution >= 4 is 5.97 Å². The zero-order chi connectivity index (χ0) is 12.1. The van der Waals surface area contributed by atoms with Crippen LogP contribution in [0.4, 0.5) is 4.39 Å². The number of carboxylic acid groups (broad SMARTS) is 1. The molecule has 1 aliphatic rings. The molecule has 1 atom stereocenters. The predicted octanol–water partition coefficient (Wildman–Crippen LogP) is 2.89. The minimum atomic E-state index is -0.829. The van der Waals surface area contributed by atoms with Gasteiger partial charge in [0.25, 0.3) is 0 Å². The van der Waals surface area contributed by atoms with E-state index in [0.717, 1.165) is 5.56 Å². The molecule has 2 nitrogen and oxygen atoms in total. The number of hydrogen-bond donors (Lipinski definition) is 1. The lowest BCUT2D eigenvalue weighted by Gasteiger charge is -2.18. The van der Waals surface area contributed by atoms with Crippen LogP contribution in [0, 0.1) is 18.2 Å². The summed E-state index contributed by atoms with van der Waals surface area (Å²) in [7, 11) is 0. The standard InChI is InChI=1S/C13H15FO2/c1-8-6-9(14)4-5-10(8)13(11(15)16)7-12(13,2)3/h4-6H,7H2,1-3H3,(H,15,16). The van der Waals surface area contributed by atoms with Crippen molar-refractivity contribution in [3.63, 3.8) is 0 Å². The zero-order valence-corrected chi connectivity index (χ0v) is 9.67. The summed E-state index contributed by atoms with van der Waals surface area (Å²) >= 11 is 0. The Hall–Kier alpha value is -1.38. The zero-order valence-electron chi connectivity index (χ0n) is 9.67. The van der Waals surface area contributed by atoms with E-state index in [4.69, 9.17) is 0 Å². The molecule has 0 bridgehead atoms. The Kier molecular flexibility index (Phi) is 2.13. The molecule has 2 rings (SSSR count). The largest absolute Gasteiger partial charge is 0.481 e. The van der Waals surface area contributed by atoms with Gasteiger partial charge in [0.15, 0.2) is 0 Å². The first-order valence-corrected chi connectivity index (χ1v) is 5.31. The Morgan fingerprint density at radius 2 is 2.00 bits per heavy atom. The summed E-state index contributed by atoms with van der Waals surface area (Å²) in [6, 6.07) is 4.34.